The lowest BCUT2D eigenvalue weighted by molar-refractivity contribution is 0.231. The summed E-state index contributed by atoms with van der Waals surface area (Å²) in [5, 5.41) is 12.2. The molecule has 0 aromatic heterocycles. The van der Waals surface area contributed by atoms with Gasteiger partial charge in [-0.15, -0.1) is 0 Å². The highest BCUT2D eigenvalue weighted by Gasteiger charge is 2.08. The summed E-state index contributed by atoms with van der Waals surface area (Å²) in [6.45, 7) is 6.61. The van der Waals surface area contributed by atoms with Gasteiger partial charge in [0, 0.05) is 19.2 Å². The van der Waals surface area contributed by atoms with Crippen molar-refractivity contribution in [3.8, 4) is 0 Å². The Morgan fingerprint density at radius 2 is 2.06 bits per heavy atom. The predicted molar refractivity (Wildman–Crippen MR) is 63.8 cm³/mol. The Kier molecular flexibility index (Phi) is 4.90. The fourth-order valence-electron chi connectivity index (χ4n) is 1.44. The molecule has 1 rings (SSSR count). The maximum absolute atomic E-state index is 13.3. The number of hydrogen-bond donors (Lipinski definition) is 2. The van der Waals surface area contributed by atoms with Gasteiger partial charge in [-0.3, -0.25) is 0 Å². The molecule has 0 saturated heterocycles. The molecule has 0 bridgehead atoms. The standard InChI is InChI=1S/C13H20FNO/c1-9(8-16)7-15-11(3)12-5-4-10(2)13(14)6-12/h4-6,9,11,15-16H,7-8H2,1-3H3. The SMILES string of the molecule is Cc1ccc(C(C)NCC(C)CO)cc1F. The third-order valence-electron chi connectivity index (χ3n) is 2.78. The second-order valence-electron chi connectivity index (χ2n) is 4.43. The van der Waals surface area contributed by atoms with Crippen molar-refractivity contribution in [2.45, 2.75) is 26.8 Å². The minimum Gasteiger partial charge on any atom is -0.396 e. The van der Waals surface area contributed by atoms with E-state index in [2.05, 4.69) is 5.32 Å². The number of benzene rings is 1. The monoisotopic (exact) mass is 225 g/mol. The maximum Gasteiger partial charge on any atom is 0.126 e. The molecule has 0 heterocycles. The Labute approximate surface area is 96.5 Å². The van der Waals surface area contributed by atoms with E-state index >= 15 is 0 Å². The summed E-state index contributed by atoms with van der Waals surface area (Å²) >= 11 is 0. The third kappa shape index (κ3) is 3.58. The molecule has 2 unspecified atom stereocenters. The van der Waals surface area contributed by atoms with Gasteiger partial charge in [0.05, 0.1) is 0 Å². The van der Waals surface area contributed by atoms with Crippen LogP contribution < -0.4 is 5.32 Å². The number of aryl methyl sites for hydroxylation is 1. The van der Waals surface area contributed by atoms with E-state index in [4.69, 9.17) is 5.11 Å². The van der Waals surface area contributed by atoms with Crippen LogP contribution in [0.25, 0.3) is 0 Å². The number of rotatable bonds is 5. The zero-order valence-electron chi connectivity index (χ0n) is 10.1. The van der Waals surface area contributed by atoms with Crippen molar-refractivity contribution < 1.29 is 9.50 Å². The summed E-state index contributed by atoms with van der Waals surface area (Å²) in [7, 11) is 0. The Morgan fingerprint density at radius 3 is 2.62 bits per heavy atom. The van der Waals surface area contributed by atoms with Crippen LogP contribution in [0.4, 0.5) is 4.39 Å². The van der Waals surface area contributed by atoms with Gasteiger partial charge in [0.2, 0.25) is 0 Å². The molecule has 2 N–H and O–H groups in total. The second-order valence-corrected chi connectivity index (χ2v) is 4.43. The van der Waals surface area contributed by atoms with Crippen LogP contribution >= 0.6 is 0 Å². The van der Waals surface area contributed by atoms with E-state index in [-0.39, 0.29) is 24.4 Å². The Hall–Kier alpha value is -0.930. The zero-order chi connectivity index (χ0) is 12.1. The highest BCUT2D eigenvalue weighted by molar-refractivity contribution is 5.25. The van der Waals surface area contributed by atoms with Gasteiger partial charge in [-0.25, -0.2) is 4.39 Å². The van der Waals surface area contributed by atoms with Crippen molar-refractivity contribution in [2.24, 2.45) is 5.92 Å². The van der Waals surface area contributed by atoms with Crippen LogP contribution in [0.2, 0.25) is 0 Å². The normalized spacial score (nSPS) is 14.8. The first-order chi connectivity index (χ1) is 7.54. The first kappa shape index (κ1) is 13.1. The minimum atomic E-state index is -0.165. The van der Waals surface area contributed by atoms with Gasteiger partial charge < -0.3 is 10.4 Å². The first-order valence-corrected chi connectivity index (χ1v) is 5.65. The minimum absolute atomic E-state index is 0.101. The van der Waals surface area contributed by atoms with Gasteiger partial charge in [-0.05, 0) is 37.0 Å². The van der Waals surface area contributed by atoms with E-state index < -0.39 is 0 Å². The molecule has 0 amide bonds. The molecule has 0 aliphatic heterocycles. The molecule has 1 aromatic carbocycles. The lowest BCUT2D eigenvalue weighted by Crippen LogP contribution is -2.26. The molecule has 0 aliphatic rings. The second kappa shape index (κ2) is 5.97. The molecular weight excluding hydrogens is 205 g/mol. The van der Waals surface area contributed by atoms with E-state index in [1.54, 1.807) is 19.1 Å². The van der Waals surface area contributed by atoms with E-state index in [1.807, 2.05) is 19.9 Å². The van der Waals surface area contributed by atoms with Crippen LogP contribution in [0.3, 0.4) is 0 Å². The van der Waals surface area contributed by atoms with Gasteiger partial charge in [-0.1, -0.05) is 19.1 Å². The number of aliphatic hydroxyl groups excluding tert-OH is 1. The first-order valence-electron chi connectivity index (χ1n) is 5.65. The van der Waals surface area contributed by atoms with E-state index in [1.165, 1.54) is 0 Å². The summed E-state index contributed by atoms with van der Waals surface area (Å²) in [5.41, 5.74) is 1.60. The molecular formula is C13H20FNO. The maximum atomic E-state index is 13.3. The molecule has 0 fully saturated rings. The molecule has 0 aliphatic carbocycles. The quantitative estimate of drug-likeness (QED) is 0.806. The van der Waals surface area contributed by atoms with E-state index in [0.717, 1.165) is 12.1 Å². The Morgan fingerprint density at radius 1 is 1.38 bits per heavy atom. The molecule has 1 aromatic rings. The van der Waals surface area contributed by atoms with Crippen LogP contribution in [-0.4, -0.2) is 18.3 Å². The molecule has 90 valence electrons. The van der Waals surface area contributed by atoms with Crippen LogP contribution in [0.1, 0.15) is 31.0 Å². The fourth-order valence-corrected chi connectivity index (χ4v) is 1.44. The summed E-state index contributed by atoms with van der Waals surface area (Å²) < 4.78 is 13.3. The van der Waals surface area contributed by atoms with Crippen molar-refractivity contribution in [1.29, 1.82) is 0 Å². The van der Waals surface area contributed by atoms with Crippen LogP contribution in [-0.2, 0) is 0 Å². The average Bonchev–Trinajstić information content (AvgIpc) is 2.29. The van der Waals surface area contributed by atoms with Crippen molar-refractivity contribution in [3.63, 3.8) is 0 Å². The third-order valence-corrected chi connectivity index (χ3v) is 2.78. The smallest absolute Gasteiger partial charge is 0.126 e. The molecule has 16 heavy (non-hydrogen) atoms. The van der Waals surface area contributed by atoms with Crippen LogP contribution in [0, 0.1) is 18.7 Å². The summed E-state index contributed by atoms with van der Waals surface area (Å²) in [6, 6.07) is 5.39. The van der Waals surface area contributed by atoms with Crippen LogP contribution in [0.15, 0.2) is 18.2 Å². The molecule has 0 radical (unpaired) electrons. The Balaban J connectivity index is 2.59. The highest BCUT2D eigenvalue weighted by Crippen LogP contribution is 2.16. The van der Waals surface area contributed by atoms with Gasteiger partial charge in [0.1, 0.15) is 5.82 Å². The summed E-state index contributed by atoms with van der Waals surface area (Å²) in [5.74, 6) is 0.0547. The molecule has 2 atom stereocenters. The van der Waals surface area contributed by atoms with Crippen LogP contribution in [0.5, 0.6) is 0 Å². The van der Waals surface area contributed by atoms with Gasteiger partial charge >= 0.3 is 0 Å². The predicted octanol–water partition coefficient (Wildman–Crippen LogP) is 2.41. The molecule has 2 nitrogen and oxygen atoms in total. The van der Waals surface area contributed by atoms with Gasteiger partial charge in [0.15, 0.2) is 0 Å². The molecule has 0 spiro atoms. The number of aliphatic hydroxyl groups is 1. The van der Waals surface area contributed by atoms with Crippen molar-refractivity contribution in [1.82, 2.24) is 5.32 Å². The average molecular weight is 225 g/mol. The summed E-state index contributed by atoms with van der Waals surface area (Å²) in [6.07, 6.45) is 0. The van der Waals surface area contributed by atoms with E-state index in [9.17, 15) is 4.39 Å². The van der Waals surface area contributed by atoms with Crippen molar-refractivity contribution in [3.05, 3.63) is 35.1 Å². The summed E-state index contributed by atoms with van der Waals surface area (Å²) in [4.78, 5) is 0. The fraction of sp³-hybridized carbons (Fsp3) is 0.538. The topological polar surface area (TPSA) is 32.3 Å². The lowest BCUT2D eigenvalue weighted by Gasteiger charge is -2.17. The largest absolute Gasteiger partial charge is 0.396 e. The highest BCUT2D eigenvalue weighted by atomic mass is 19.1. The van der Waals surface area contributed by atoms with Crippen molar-refractivity contribution in [2.75, 3.05) is 13.2 Å². The molecule has 0 saturated carbocycles. The van der Waals surface area contributed by atoms with Gasteiger partial charge in [-0.2, -0.15) is 0 Å². The number of halogens is 1. The number of nitrogens with one attached hydrogen (secondary N) is 1. The van der Waals surface area contributed by atoms with Gasteiger partial charge in [0.25, 0.3) is 0 Å². The van der Waals surface area contributed by atoms with Crippen molar-refractivity contribution >= 4 is 0 Å². The van der Waals surface area contributed by atoms with E-state index in [0.29, 0.717) is 5.56 Å². The molecule has 3 heteroatoms. The number of hydrogen-bond acceptors (Lipinski definition) is 2. The Bertz CT molecular complexity index is 341. The zero-order valence-corrected chi connectivity index (χ0v) is 10.1. The lowest BCUT2D eigenvalue weighted by atomic mass is 10.1.